The van der Waals surface area contributed by atoms with Crippen LogP contribution in [0.25, 0.3) is 0 Å². The molecule has 0 aliphatic heterocycles. The van der Waals surface area contributed by atoms with Crippen LogP contribution in [0.5, 0.6) is 0 Å². The van der Waals surface area contributed by atoms with E-state index in [0.29, 0.717) is 13.0 Å². The molecule has 0 amide bonds. The van der Waals surface area contributed by atoms with Crippen LogP contribution in [0, 0.1) is 0 Å². The van der Waals surface area contributed by atoms with Gasteiger partial charge in [0.2, 0.25) is 0 Å². The van der Waals surface area contributed by atoms with Crippen LogP contribution in [0.15, 0.2) is 5.16 Å². The fourth-order valence-corrected chi connectivity index (χ4v) is 1.67. The van der Waals surface area contributed by atoms with Crippen LogP contribution < -0.4 is 10.5 Å². The van der Waals surface area contributed by atoms with Gasteiger partial charge < -0.3 is 10.9 Å². The summed E-state index contributed by atoms with van der Waals surface area (Å²) >= 11 is 0. The van der Waals surface area contributed by atoms with E-state index < -0.39 is 10.2 Å². The normalized spacial score (nSPS) is 13.5. The molecule has 0 aromatic heterocycles. The molecule has 0 aromatic rings. The molecule has 0 saturated carbocycles. The van der Waals surface area contributed by atoms with Crippen molar-refractivity contribution in [2.24, 2.45) is 10.9 Å². The Morgan fingerprint density at radius 2 is 2.21 bits per heavy atom. The van der Waals surface area contributed by atoms with E-state index in [4.69, 9.17) is 10.9 Å². The summed E-state index contributed by atoms with van der Waals surface area (Å²) in [4.78, 5) is 0. The highest BCUT2D eigenvalue weighted by Gasteiger charge is 2.17. The zero-order valence-corrected chi connectivity index (χ0v) is 9.08. The quantitative estimate of drug-likeness (QED) is 0.230. The van der Waals surface area contributed by atoms with Crippen molar-refractivity contribution in [3.63, 3.8) is 0 Å². The standard InChI is InChI=1S/C6H16N4O3S/c1-3-4-8-14(12,13)10(2)5-6(7)9-11/h8,11H,3-5H2,1-2H3,(H2,7,9). The van der Waals surface area contributed by atoms with Crippen LogP contribution in [0.3, 0.4) is 0 Å². The summed E-state index contributed by atoms with van der Waals surface area (Å²) in [6.45, 7) is 2.07. The summed E-state index contributed by atoms with van der Waals surface area (Å²) < 4.78 is 26.0. The van der Waals surface area contributed by atoms with Crippen molar-refractivity contribution in [3.05, 3.63) is 0 Å². The highest BCUT2D eigenvalue weighted by Crippen LogP contribution is 1.92. The summed E-state index contributed by atoms with van der Waals surface area (Å²) in [5.41, 5.74) is 5.17. The summed E-state index contributed by atoms with van der Waals surface area (Å²) in [6, 6.07) is 0. The van der Waals surface area contributed by atoms with Crippen molar-refractivity contribution in [2.75, 3.05) is 20.1 Å². The van der Waals surface area contributed by atoms with Gasteiger partial charge in [0.05, 0.1) is 6.54 Å². The number of amidine groups is 1. The van der Waals surface area contributed by atoms with Gasteiger partial charge in [-0.3, -0.25) is 0 Å². The summed E-state index contributed by atoms with van der Waals surface area (Å²) in [5.74, 6) is -0.158. The van der Waals surface area contributed by atoms with Gasteiger partial charge in [-0.15, -0.1) is 0 Å². The van der Waals surface area contributed by atoms with E-state index in [1.807, 2.05) is 6.92 Å². The fourth-order valence-electron chi connectivity index (χ4n) is 0.686. The van der Waals surface area contributed by atoms with Crippen molar-refractivity contribution < 1.29 is 13.6 Å². The molecule has 0 spiro atoms. The number of nitrogens with two attached hydrogens (primary N) is 1. The average molecular weight is 224 g/mol. The highest BCUT2D eigenvalue weighted by atomic mass is 32.2. The van der Waals surface area contributed by atoms with Gasteiger partial charge in [-0.2, -0.15) is 12.7 Å². The van der Waals surface area contributed by atoms with E-state index in [0.717, 1.165) is 4.31 Å². The van der Waals surface area contributed by atoms with Gasteiger partial charge in [0.1, 0.15) is 0 Å². The smallest absolute Gasteiger partial charge is 0.279 e. The first-order valence-corrected chi connectivity index (χ1v) is 5.55. The van der Waals surface area contributed by atoms with Gasteiger partial charge in [0, 0.05) is 13.6 Å². The van der Waals surface area contributed by atoms with Crippen molar-refractivity contribution >= 4 is 16.0 Å². The third kappa shape index (κ3) is 4.40. The van der Waals surface area contributed by atoms with Gasteiger partial charge >= 0.3 is 0 Å². The maximum absolute atomic E-state index is 11.4. The molecule has 0 aliphatic rings. The molecular weight excluding hydrogens is 208 g/mol. The second-order valence-corrected chi connectivity index (χ2v) is 4.61. The number of rotatable bonds is 6. The predicted octanol–water partition coefficient (Wildman–Crippen LogP) is -1.09. The number of likely N-dealkylation sites (N-methyl/N-ethyl adjacent to an activating group) is 1. The Morgan fingerprint density at radius 3 is 2.64 bits per heavy atom. The Labute approximate surface area is 83.8 Å². The fraction of sp³-hybridized carbons (Fsp3) is 0.833. The summed E-state index contributed by atoms with van der Waals surface area (Å²) in [6.07, 6.45) is 0.705. The molecule has 0 radical (unpaired) electrons. The van der Waals surface area contributed by atoms with Crippen LogP contribution in [0.1, 0.15) is 13.3 Å². The molecule has 0 rings (SSSR count). The SMILES string of the molecule is CCCNS(=O)(=O)N(C)CC(N)=NO. The summed E-state index contributed by atoms with van der Waals surface area (Å²) in [7, 11) is -2.17. The molecule has 4 N–H and O–H groups in total. The van der Waals surface area contributed by atoms with E-state index >= 15 is 0 Å². The monoisotopic (exact) mass is 224 g/mol. The maximum Gasteiger partial charge on any atom is 0.279 e. The molecule has 0 heterocycles. The zero-order valence-electron chi connectivity index (χ0n) is 8.27. The maximum atomic E-state index is 11.4. The van der Waals surface area contributed by atoms with Crippen LogP contribution in [0.4, 0.5) is 0 Å². The first-order chi connectivity index (χ1) is 6.44. The van der Waals surface area contributed by atoms with Crippen molar-refractivity contribution in [3.8, 4) is 0 Å². The van der Waals surface area contributed by atoms with Gasteiger partial charge in [-0.1, -0.05) is 12.1 Å². The number of oxime groups is 1. The third-order valence-electron chi connectivity index (χ3n) is 1.46. The lowest BCUT2D eigenvalue weighted by Gasteiger charge is -2.16. The lowest BCUT2D eigenvalue weighted by atomic mass is 10.5. The summed E-state index contributed by atoms with van der Waals surface area (Å²) in [5, 5.41) is 10.9. The Balaban J connectivity index is 4.29. The molecule has 0 fully saturated rings. The molecule has 0 aliphatic carbocycles. The molecule has 7 nitrogen and oxygen atoms in total. The van der Waals surface area contributed by atoms with Gasteiger partial charge in [-0.05, 0) is 6.42 Å². The van der Waals surface area contributed by atoms with Gasteiger partial charge in [-0.25, -0.2) is 4.72 Å². The van der Waals surface area contributed by atoms with E-state index in [2.05, 4.69) is 9.88 Å². The zero-order chi connectivity index (χ0) is 11.2. The van der Waals surface area contributed by atoms with Crippen molar-refractivity contribution in [2.45, 2.75) is 13.3 Å². The third-order valence-corrected chi connectivity index (χ3v) is 2.98. The molecule has 0 saturated heterocycles. The molecule has 84 valence electrons. The molecule has 0 bridgehead atoms. The minimum absolute atomic E-state index is 0.143. The highest BCUT2D eigenvalue weighted by molar-refractivity contribution is 7.87. The van der Waals surface area contributed by atoms with E-state index in [1.54, 1.807) is 0 Å². The number of nitrogens with one attached hydrogen (secondary N) is 1. The Hall–Kier alpha value is -0.860. The Kier molecular flexibility index (Phi) is 5.43. The largest absolute Gasteiger partial charge is 0.409 e. The average Bonchev–Trinajstić information content (AvgIpc) is 2.14. The number of hydrogen-bond donors (Lipinski definition) is 3. The van der Waals surface area contributed by atoms with Gasteiger partial charge in [0.15, 0.2) is 5.84 Å². The lowest BCUT2D eigenvalue weighted by molar-refractivity contribution is 0.315. The molecule has 0 atom stereocenters. The molecule has 8 heteroatoms. The number of nitrogens with zero attached hydrogens (tertiary/aromatic N) is 2. The van der Waals surface area contributed by atoms with Crippen LogP contribution in [0.2, 0.25) is 0 Å². The minimum Gasteiger partial charge on any atom is -0.409 e. The molecular formula is C6H16N4O3S. The second kappa shape index (κ2) is 5.78. The first kappa shape index (κ1) is 13.1. The van der Waals surface area contributed by atoms with Crippen molar-refractivity contribution in [1.82, 2.24) is 9.03 Å². The van der Waals surface area contributed by atoms with E-state index in [1.165, 1.54) is 7.05 Å². The molecule has 0 unspecified atom stereocenters. The second-order valence-electron chi connectivity index (χ2n) is 2.75. The first-order valence-electron chi connectivity index (χ1n) is 4.11. The number of hydrogen-bond acceptors (Lipinski definition) is 4. The Bertz CT molecular complexity index is 287. The van der Waals surface area contributed by atoms with E-state index in [-0.39, 0.29) is 12.4 Å². The minimum atomic E-state index is -3.52. The van der Waals surface area contributed by atoms with Crippen molar-refractivity contribution in [1.29, 1.82) is 0 Å². The van der Waals surface area contributed by atoms with E-state index in [9.17, 15) is 8.42 Å². The predicted molar refractivity (Wildman–Crippen MR) is 53.3 cm³/mol. The van der Waals surface area contributed by atoms with Crippen LogP contribution >= 0.6 is 0 Å². The topological polar surface area (TPSA) is 108 Å². The van der Waals surface area contributed by atoms with Crippen LogP contribution in [-0.4, -0.2) is 43.9 Å². The van der Waals surface area contributed by atoms with Crippen LogP contribution in [-0.2, 0) is 10.2 Å². The Morgan fingerprint density at radius 1 is 1.64 bits per heavy atom. The lowest BCUT2D eigenvalue weighted by Crippen LogP contribution is -2.42. The molecule has 0 aromatic carbocycles. The molecule has 14 heavy (non-hydrogen) atoms. The van der Waals surface area contributed by atoms with Gasteiger partial charge in [0.25, 0.3) is 10.2 Å².